The minimum Gasteiger partial charge on any atom is -0.292 e. The number of carbonyl (C=O) groups is 3. The molecule has 3 aliphatic heterocycles. The quantitative estimate of drug-likeness (QED) is 0.445. The van der Waals surface area contributed by atoms with Crippen molar-refractivity contribution in [2.75, 3.05) is 11.4 Å². The van der Waals surface area contributed by atoms with Crippen molar-refractivity contribution in [3.05, 3.63) is 77.3 Å². The van der Waals surface area contributed by atoms with Crippen LogP contribution in [0.4, 0.5) is 5.69 Å². The van der Waals surface area contributed by atoms with Crippen molar-refractivity contribution in [1.82, 2.24) is 4.90 Å². The number of imide groups is 1. The maximum absolute atomic E-state index is 13.7. The van der Waals surface area contributed by atoms with Crippen molar-refractivity contribution in [2.45, 2.75) is 24.9 Å². The largest absolute Gasteiger partial charge is 0.292 e. The summed E-state index contributed by atoms with van der Waals surface area (Å²) < 4.78 is 0. The first-order valence-corrected chi connectivity index (χ1v) is 11.3. The Morgan fingerprint density at radius 2 is 1.59 bits per heavy atom. The third kappa shape index (κ3) is 2.78. The first kappa shape index (κ1) is 19.6. The second-order valence-corrected chi connectivity index (χ2v) is 9.29. The van der Waals surface area contributed by atoms with E-state index < -0.39 is 17.9 Å². The molecule has 3 fully saturated rings. The summed E-state index contributed by atoms with van der Waals surface area (Å²) in [7, 11) is 0. The lowest BCUT2D eigenvalue weighted by atomic mass is 9.85. The number of carbonyl (C=O) groups excluding carboxylic acids is 3. The summed E-state index contributed by atoms with van der Waals surface area (Å²) >= 11 is 6.00. The van der Waals surface area contributed by atoms with E-state index in [1.165, 1.54) is 4.90 Å². The van der Waals surface area contributed by atoms with Gasteiger partial charge in [0.05, 0.1) is 23.6 Å². The van der Waals surface area contributed by atoms with Crippen LogP contribution in [0.5, 0.6) is 0 Å². The Labute approximate surface area is 190 Å². The van der Waals surface area contributed by atoms with Gasteiger partial charge in [-0.3, -0.25) is 19.3 Å². The van der Waals surface area contributed by atoms with Gasteiger partial charge in [0.1, 0.15) is 0 Å². The van der Waals surface area contributed by atoms with Crippen LogP contribution in [0.15, 0.2) is 66.7 Å². The topological polar surface area (TPSA) is 57.7 Å². The Kier molecular flexibility index (Phi) is 4.46. The summed E-state index contributed by atoms with van der Waals surface area (Å²) in [6, 6.07) is 19.6. The number of nitrogens with zero attached hydrogens (tertiary/aromatic N) is 2. The van der Waals surface area contributed by atoms with E-state index >= 15 is 0 Å². The molecule has 2 amide bonds. The molecule has 0 bridgehead atoms. The SMILES string of the molecule is O=C(c1ccc(Cl)cc1)[C@H]1[C@H]2C(=O)N(c3ccc4ccccc4c3)C(=O)[C@@H]2[C@H]2CCCN21. The number of amides is 2. The summed E-state index contributed by atoms with van der Waals surface area (Å²) in [4.78, 5) is 44.2. The van der Waals surface area contributed by atoms with Gasteiger partial charge in [-0.25, -0.2) is 4.90 Å². The van der Waals surface area contributed by atoms with Crippen molar-refractivity contribution < 1.29 is 14.4 Å². The Balaban J connectivity index is 1.41. The Morgan fingerprint density at radius 1 is 0.875 bits per heavy atom. The molecule has 160 valence electrons. The molecule has 3 aromatic rings. The van der Waals surface area contributed by atoms with E-state index in [-0.39, 0.29) is 23.6 Å². The molecule has 0 aromatic heterocycles. The van der Waals surface area contributed by atoms with Crippen LogP contribution in [0.25, 0.3) is 10.8 Å². The number of Topliss-reactive ketones (excluding diaryl/α,β-unsaturated/α-hetero) is 1. The number of hydrogen-bond acceptors (Lipinski definition) is 4. The number of anilines is 1. The summed E-state index contributed by atoms with van der Waals surface area (Å²) in [5.41, 5.74) is 1.10. The van der Waals surface area contributed by atoms with Gasteiger partial charge in [-0.1, -0.05) is 41.9 Å². The Morgan fingerprint density at radius 3 is 2.38 bits per heavy atom. The maximum atomic E-state index is 13.7. The molecular weight excluding hydrogens is 424 g/mol. The highest BCUT2D eigenvalue weighted by Gasteiger charge is 2.64. The number of ketones is 1. The zero-order chi connectivity index (χ0) is 22.0. The fraction of sp³-hybridized carbons (Fsp3) is 0.269. The van der Waals surface area contributed by atoms with Crippen LogP contribution in [0.2, 0.25) is 5.02 Å². The van der Waals surface area contributed by atoms with Crippen molar-refractivity contribution in [3.8, 4) is 0 Å². The first-order chi connectivity index (χ1) is 15.5. The molecule has 3 saturated heterocycles. The lowest BCUT2D eigenvalue weighted by Gasteiger charge is -2.27. The van der Waals surface area contributed by atoms with Crippen molar-refractivity contribution in [2.24, 2.45) is 11.8 Å². The molecule has 32 heavy (non-hydrogen) atoms. The molecule has 5 nitrogen and oxygen atoms in total. The average Bonchev–Trinajstić information content (AvgIpc) is 3.45. The van der Waals surface area contributed by atoms with E-state index in [1.807, 2.05) is 42.5 Å². The van der Waals surface area contributed by atoms with E-state index in [0.717, 1.165) is 30.2 Å². The van der Waals surface area contributed by atoms with Gasteiger partial charge >= 0.3 is 0 Å². The summed E-state index contributed by atoms with van der Waals surface area (Å²) in [5, 5.41) is 2.58. The van der Waals surface area contributed by atoms with Gasteiger partial charge in [-0.05, 0) is 66.6 Å². The standard InChI is InChI=1S/C26H21ClN2O3/c27-18-10-7-16(8-11-18)24(30)23-22-21(20-6-3-13-28(20)23)25(31)29(26(22)32)19-12-9-15-4-1-2-5-17(15)14-19/h1-2,4-5,7-12,14,20-23H,3,6,13H2/t20-,21-,22+,23-/m1/s1. The van der Waals surface area contributed by atoms with Gasteiger partial charge in [0.2, 0.25) is 11.8 Å². The Bertz CT molecular complexity index is 1270. The zero-order valence-electron chi connectivity index (χ0n) is 17.3. The van der Waals surface area contributed by atoms with Crippen LogP contribution in [0.1, 0.15) is 23.2 Å². The molecule has 3 heterocycles. The third-order valence-electron chi connectivity index (χ3n) is 7.24. The molecular formula is C26H21ClN2O3. The van der Waals surface area contributed by atoms with Crippen molar-refractivity contribution in [1.29, 1.82) is 0 Å². The van der Waals surface area contributed by atoms with Crippen LogP contribution in [0, 0.1) is 11.8 Å². The van der Waals surface area contributed by atoms with Gasteiger partial charge in [0.15, 0.2) is 5.78 Å². The van der Waals surface area contributed by atoms with Crippen LogP contribution >= 0.6 is 11.6 Å². The number of hydrogen-bond donors (Lipinski definition) is 0. The monoisotopic (exact) mass is 444 g/mol. The zero-order valence-corrected chi connectivity index (χ0v) is 18.0. The minimum atomic E-state index is -0.651. The molecule has 0 unspecified atom stereocenters. The highest BCUT2D eigenvalue weighted by Crippen LogP contribution is 2.48. The molecule has 6 rings (SSSR count). The van der Waals surface area contributed by atoms with Gasteiger partial charge in [0.25, 0.3) is 0 Å². The number of benzene rings is 3. The molecule has 3 aliphatic rings. The predicted octanol–water partition coefficient (Wildman–Crippen LogP) is 4.33. The minimum absolute atomic E-state index is 0.0665. The molecule has 0 saturated carbocycles. The van der Waals surface area contributed by atoms with Gasteiger partial charge in [-0.2, -0.15) is 0 Å². The fourth-order valence-corrected chi connectivity index (χ4v) is 6.00. The van der Waals surface area contributed by atoms with E-state index in [1.54, 1.807) is 24.3 Å². The second kappa shape index (κ2) is 7.26. The normalized spacial score (nSPS) is 27.2. The van der Waals surface area contributed by atoms with Crippen molar-refractivity contribution in [3.63, 3.8) is 0 Å². The van der Waals surface area contributed by atoms with Gasteiger partial charge in [-0.15, -0.1) is 0 Å². The van der Waals surface area contributed by atoms with Crippen LogP contribution < -0.4 is 4.90 Å². The molecule has 0 aliphatic carbocycles. The third-order valence-corrected chi connectivity index (χ3v) is 7.49. The van der Waals surface area contributed by atoms with Crippen LogP contribution in [-0.2, 0) is 9.59 Å². The van der Waals surface area contributed by atoms with Crippen LogP contribution in [-0.4, -0.2) is 41.1 Å². The predicted molar refractivity (Wildman–Crippen MR) is 123 cm³/mol. The number of halogens is 1. The van der Waals surface area contributed by atoms with Crippen LogP contribution in [0.3, 0.4) is 0 Å². The lowest BCUT2D eigenvalue weighted by molar-refractivity contribution is -0.123. The smallest absolute Gasteiger partial charge is 0.239 e. The Hall–Kier alpha value is -3.02. The van der Waals surface area contributed by atoms with E-state index in [0.29, 0.717) is 16.3 Å². The lowest BCUT2D eigenvalue weighted by Crippen LogP contribution is -2.46. The maximum Gasteiger partial charge on any atom is 0.239 e. The number of rotatable bonds is 3. The average molecular weight is 445 g/mol. The van der Waals surface area contributed by atoms with Gasteiger partial charge < -0.3 is 0 Å². The summed E-state index contributed by atoms with van der Waals surface area (Å²) in [5.74, 6) is -1.68. The molecule has 0 N–H and O–H groups in total. The molecule has 4 atom stereocenters. The summed E-state index contributed by atoms with van der Waals surface area (Å²) in [6.07, 6.45) is 1.76. The summed E-state index contributed by atoms with van der Waals surface area (Å²) in [6.45, 7) is 0.734. The van der Waals surface area contributed by atoms with E-state index in [2.05, 4.69) is 4.90 Å². The molecule has 0 spiro atoms. The van der Waals surface area contributed by atoms with E-state index in [9.17, 15) is 14.4 Å². The number of fused-ring (bicyclic) bond motifs is 4. The molecule has 3 aromatic carbocycles. The van der Waals surface area contributed by atoms with Gasteiger partial charge in [0, 0.05) is 16.6 Å². The molecule has 6 heteroatoms. The second-order valence-electron chi connectivity index (χ2n) is 8.86. The highest BCUT2D eigenvalue weighted by molar-refractivity contribution is 6.30. The van der Waals surface area contributed by atoms with Crippen molar-refractivity contribution >= 4 is 45.7 Å². The highest BCUT2D eigenvalue weighted by atomic mass is 35.5. The van der Waals surface area contributed by atoms with E-state index in [4.69, 9.17) is 11.6 Å². The fourth-order valence-electron chi connectivity index (χ4n) is 5.87. The molecule has 0 radical (unpaired) electrons. The first-order valence-electron chi connectivity index (χ1n) is 11.0.